The zero-order valence-electron chi connectivity index (χ0n) is 10.9. The molecule has 1 aromatic rings. The van der Waals surface area contributed by atoms with E-state index >= 15 is 0 Å². The van der Waals surface area contributed by atoms with E-state index in [9.17, 15) is 17.6 Å². The van der Waals surface area contributed by atoms with Crippen LogP contribution in [0.2, 0.25) is 0 Å². The number of rotatable bonds is 6. The summed E-state index contributed by atoms with van der Waals surface area (Å²) >= 11 is 3.05. The predicted octanol–water partition coefficient (Wildman–Crippen LogP) is 2.37. The van der Waals surface area contributed by atoms with Crippen LogP contribution in [0.4, 0.5) is 4.39 Å². The van der Waals surface area contributed by atoms with E-state index in [-0.39, 0.29) is 0 Å². The monoisotopic (exact) mass is 367 g/mol. The van der Waals surface area contributed by atoms with Gasteiger partial charge in [-0.3, -0.25) is 4.79 Å². The highest BCUT2D eigenvalue weighted by atomic mass is 79.9. The number of hydrogen-bond acceptors (Lipinski definition) is 3. The Morgan fingerprint density at radius 3 is 2.60 bits per heavy atom. The molecule has 0 radical (unpaired) electrons. The van der Waals surface area contributed by atoms with E-state index in [2.05, 4.69) is 15.9 Å². The highest BCUT2D eigenvalue weighted by molar-refractivity contribution is 9.10. The maximum atomic E-state index is 13.6. The Kier molecular flexibility index (Phi) is 5.67. The molecule has 1 rings (SSSR count). The van der Waals surface area contributed by atoms with Gasteiger partial charge < -0.3 is 5.11 Å². The first kappa shape index (κ1) is 17.1. The van der Waals surface area contributed by atoms with Crippen molar-refractivity contribution >= 4 is 31.9 Å². The molecule has 112 valence electrons. The third-order valence-corrected chi connectivity index (χ3v) is 4.89. The Hall–Kier alpha value is -0.990. The van der Waals surface area contributed by atoms with Gasteiger partial charge in [-0.15, -0.1) is 0 Å². The van der Waals surface area contributed by atoms with Gasteiger partial charge in [0, 0.05) is 4.47 Å². The fourth-order valence-electron chi connectivity index (χ4n) is 1.56. The molecule has 0 unspecified atom stereocenters. The number of benzene rings is 1. The average Bonchev–Trinajstić information content (AvgIpc) is 2.37. The summed E-state index contributed by atoms with van der Waals surface area (Å²) in [5, 5.41) is 9.08. The molecular weight excluding hydrogens is 353 g/mol. The first-order valence-corrected chi connectivity index (χ1v) is 8.16. The number of aliphatic carboxylic acids is 1. The SMILES string of the molecule is CC[C@H](C)[C@H](NS(=O)(=O)c1cc(Br)ccc1F)C(=O)O. The third-order valence-electron chi connectivity index (χ3n) is 2.94. The third kappa shape index (κ3) is 4.00. The summed E-state index contributed by atoms with van der Waals surface area (Å²) < 4.78 is 40.2. The van der Waals surface area contributed by atoms with E-state index in [1.807, 2.05) is 4.72 Å². The molecule has 2 atom stereocenters. The van der Waals surface area contributed by atoms with Gasteiger partial charge in [-0.25, -0.2) is 12.8 Å². The Morgan fingerprint density at radius 1 is 1.50 bits per heavy atom. The molecule has 0 aliphatic carbocycles. The number of carboxylic acid groups (broad SMARTS) is 1. The molecule has 0 aliphatic rings. The first-order chi connectivity index (χ1) is 9.19. The predicted molar refractivity (Wildman–Crippen MR) is 75.3 cm³/mol. The summed E-state index contributed by atoms with van der Waals surface area (Å²) in [5.41, 5.74) is 0. The highest BCUT2D eigenvalue weighted by Gasteiger charge is 2.30. The maximum Gasteiger partial charge on any atom is 0.322 e. The van der Waals surface area contributed by atoms with Gasteiger partial charge in [0.1, 0.15) is 16.8 Å². The Bertz CT molecular complexity index is 605. The molecule has 8 heteroatoms. The van der Waals surface area contributed by atoms with E-state index in [1.165, 1.54) is 6.07 Å². The van der Waals surface area contributed by atoms with Crippen LogP contribution in [0.1, 0.15) is 20.3 Å². The summed E-state index contributed by atoms with van der Waals surface area (Å²) in [6.07, 6.45) is 0.473. The summed E-state index contributed by atoms with van der Waals surface area (Å²) in [5.74, 6) is -2.65. The van der Waals surface area contributed by atoms with Crippen molar-refractivity contribution < 1.29 is 22.7 Å². The number of nitrogens with one attached hydrogen (secondary N) is 1. The lowest BCUT2D eigenvalue weighted by atomic mass is 10.0. The molecular formula is C12H15BrFNO4S. The molecule has 5 nitrogen and oxygen atoms in total. The smallest absolute Gasteiger partial charge is 0.322 e. The van der Waals surface area contributed by atoms with Crippen LogP contribution in [0.15, 0.2) is 27.6 Å². The Balaban J connectivity index is 3.16. The second-order valence-corrected chi connectivity index (χ2v) is 7.00. The average molecular weight is 368 g/mol. The van der Waals surface area contributed by atoms with Crippen LogP contribution in [0.25, 0.3) is 0 Å². The lowest BCUT2D eigenvalue weighted by Crippen LogP contribution is -2.45. The minimum atomic E-state index is -4.25. The molecule has 0 aromatic heterocycles. The van der Waals surface area contributed by atoms with Crippen molar-refractivity contribution in [1.29, 1.82) is 0 Å². The number of sulfonamides is 1. The van der Waals surface area contributed by atoms with E-state index in [1.54, 1.807) is 13.8 Å². The zero-order valence-corrected chi connectivity index (χ0v) is 13.3. The van der Waals surface area contributed by atoms with Gasteiger partial charge in [0.15, 0.2) is 0 Å². The van der Waals surface area contributed by atoms with Crippen LogP contribution < -0.4 is 4.72 Å². The summed E-state index contributed by atoms with van der Waals surface area (Å²) in [6, 6.07) is 2.14. The van der Waals surface area contributed by atoms with Gasteiger partial charge >= 0.3 is 5.97 Å². The number of carbonyl (C=O) groups is 1. The molecule has 1 aromatic carbocycles. The molecule has 0 aliphatic heterocycles. The molecule has 2 N–H and O–H groups in total. The maximum absolute atomic E-state index is 13.6. The topological polar surface area (TPSA) is 83.5 Å². The first-order valence-electron chi connectivity index (χ1n) is 5.89. The summed E-state index contributed by atoms with van der Waals surface area (Å²) in [4.78, 5) is 10.5. The molecule has 0 heterocycles. The van der Waals surface area contributed by atoms with Crippen molar-refractivity contribution in [3.05, 3.63) is 28.5 Å². The van der Waals surface area contributed by atoms with Crippen LogP contribution in [0.3, 0.4) is 0 Å². The van der Waals surface area contributed by atoms with Crippen molar-refractivity contribution in [2.24, 2.45) is 5.92 Å². The molecule has 0 saturated heterocycles. The molecule has 0 spiro atoms. The molecule has 0 saturated carbocycles. The van der Waals surface area contributed by atoms with Gasteiger partial charge in [-0.1, -0.05) is 36.2 Å². The largest absolute Gasteiger partial charge is 0.480 e. The van der Waals surface area contributed by atoms with Crippen molar-refractivity contribution in [2.75, 3.05) is 0 Å². The molecule has 0 bridgehead atoms. The van der Waals surface area contributed by atoms with Crippen LogP contribution in [-0.4, -0.2) is 25.5 Å². The molecule has 0 fully saturated rings. The summed E-state index contributed by atoms with van der Waals surface area (Å²) in [6.45, 7) is 3.35. The normalized spacial score (nSPS) is 14.8. The number of carboxylic acids is 1. The van der Waals surface area contributed by atoms with E-state index in [4.69, 9.17) is 5.11 Å². The van der Waals surface area contributed by atoms with Gasteiger partial charge in [0.25, 0.3) is 0 Å². The Labute approximate surface area is 125 Å². The highest BCUT2D eigenvalue weighted by Crippen LogP contribution is 2.21. The van der Waals surface area contributed by atoms with Crippen LogP contribution in [0.5, 0.6) is 0 Å². The van der Waals surface area contributed by atoms with Gasteiger partial charge in [-0.2, -0.15) is 4.72 Å². The minimum Gasteiger partial charge on any atom is -0.480 e. The van der Waals surface area contributed by atoms with E-state index in [0.29, 0.717) is 10.9 Å². The van der Waals surface area contributed by atoms with Crippen molar-refractivity contribution in [1.82, 2.24) is 4.72 Å². The van der Waals surface area contributed by atoms with Crippen LogP contribution in [-0.2, 0) is 14.8 Å². The number of halogens is 2. The quantitative estimate of drug-likeness (QED) is 0.808. The zero-order chi connectivity index (χ0) is 15.5. The number of hydrogen-bond donors (Lipinski definition) is 2. The standard InChI is InChI=1S/C12H15BrFNO4S/c1-3-7(2)11(12(16)17)15-20(18,19)10-6-8(13)4-5-9(10)14/h4-7,11,15H,3H2,1-2H3,(H,16,17)/t7-,11-/m0/s1. The lowest BCUT2D eigenvalue weighted by Gasteiger charge is -2.20. The molecule has 0 amide bonds. The van der Waals surface area contributed by atoms with E-state index < -0.39 is 38.7 Å². The second kappa shape index (κ2) is 6.64. The minimum absolute atomic E-state index is 0.384. The van der Waals surface area contributed by atoms with Gasteiger partial charge in [0.2, 0.25) is 10.0 Å². The fourth-order valence-corrected chi connectivity index (χ4v) is 3.47. The van der Waals surface area contributed by atoms with Crippen molar-refractivity contribution in [2.45, 2.75) is 31.2 Å². The second-order valence-electron chi connectivity index (χ2n) is 4.40. The van der Waals surface area contributed by atoms with Gasteiger partial charge in [-0.05, 0) is 24.1 Å². The van der Waals surface area contributed by atoms with Crippen LogP contribution >= 0.6 is 15.9 Å². The van der Waals surface area contributed by atoms with Gasteiger partial charge in [0.05, 0.1) is 0 Å². The lowest BCUT2D eigenvalue weighted by molar-refractivity contribution is -0.140. The molecule has 20 heavy (non-hydrogen) atoms. The fraction of sp³-hybridized carbons (Fsp3) is 0.417. The van der Waals surface area contributed by atoms with Crippen molar-refractivity contribution in [3.8, 4) is 0 Å². The van der Waals surface area contributed by atoms with E-state index in [0.717, 1.165) is 12.1 Å². The van der Waals surface area contributed by atoms with Crippen LogP contribution in [0, 0.1) is 11.7 Å². The Morgan fingerprint density at radius 2 is 2.10 bits per heavy atom. The summed E-state index contributed by atoms with van der Waals surface area (Å²) in [7, 11) is -4.25. The van der Waals surface area contributed by atoms with Crippen molar-refractivity contribution in [3.63, 3.8) is 0 Å².